The van der Waals surface area contributed by atoms with Gasteiger partial charge in [-0.05, 0) is 77.1 Å². The van der Waals surface area contributed by atoms with Gasteiger partial charge in [-0.2, -0.15) is 0 Å². The van der Waals surface area contributed by atoms with Gasteiger partial charge in [0.2, 0.25) is 0 Å². The third-order valence-electron chi connectivity index (χ3n) is 5.59. The first-order valence-corrected chi connectivity index (χ1v) is 10.5. The summed E-state index contributed by atoms with van der Waals surface area (Å²) in [6.07, 6.45) is 3.34. The number of benzene rings is 3. The smallest absolute Gasteiger partial charge is 0.343 e. The molecule has 5 rings (SSSR count). The molecule has 1 aliphatic heterocycles. The Morgan fingerprint density at radius 3 is 2.40 bits per heavy atom. The van der Waals surface area contributed by atoms with Crippen molar-refractivity contribution in [2.75, 3.05) is 13.2 Å². The SMILES string of the molecule is CCCc1ccc2c(c1)Cc1cc(OC(=O)c3ccc(OCC4CO4)cc3)ccc1-2. The van der Waals surface area contributed by atoms with Crippen LogP contribution in [0.25, 0.3) is 11.1 Å². The fourth-order valence-corrected chi connectivity index (χ4v) is 3.95. The summed E-state index contributed by atoms with van der Waals surface area (Å²) < 4.78 is 16.4. The first kappa shape index (κ1) is 18.9. The lowest BCUT2D eigenvalue weighted by Gasteiger charge is -2.08. The first-order chi connectivity index (χ1) is 14.7. The molecule has 0 aromatic heterocycles. The molecule has 1 atom stereocenters. The summed E-state index contributed by atoms with van der Waals surface area (Å²) in [4.78, 5) is 12.6. The number of fused-ring (bicyclic) bond motifs is 3. The fourth-order valence-electron chi connectivity index (χ4n) is 3.95. The molecule has 1 heterocycles. The summed E-state index contributed by atoms with van der Waals surface area (Å²) in [6, 6.07) is 19.7. The van der Waals surface area contributed by atoms with Crippen molar-refractivity contribution in [3.63, 3.8) is 0 Å². The van der Waals surface area contributed by atoms with Gasteiger partial charge in [-0.1, -0.05) is 37.6 Å². The van der Waals surface area contributed by atoms with Crippen LogP contribution in [0.3, 0.4) is 0 Å². The molecule has 0 amide bonds. The number of rotatable bonds is 7. The largest absolute Gasteiger partial charge is 0.491 e. The van der Waals surface area contributed by atoms with Crippen LogP contribution in [-0.4, -0.2) is 25.3 Å². The average Bonchev–Trinajstić information content (AvgIpc) is 3.52. The zero-order valence-corrected chi connectivity index (χ0v) is 17.0. The van der Waals surface area contributed by atoms with Crippen molar-refractivity contribution in [3.05, 3.63) is 82.9 Å². The summed E-state index contributed by atoms with van der Waals surface area (Å²) in [5.41, 5.74) is 6.95. The number of esters is 1. The summed E-state index contributed by atoms with van der Waals surface area (Å²) in [7, 11) is 0. The number of carbonyl (C=O) groups is 1. The van der Waals surface area contributed by atoms with E-state index in [0.717, 1.165) is 31.6 Å². The van der Waals surface area contributed by atoms with Gasteiger partial charge in [-0.15, -0.1) is 0 Å². The Kier molecular flexibility index (Phi) is 5.01. The first-order valence-electron chi connectivity index (χ1n) is 10.5. The zero-order chi connectivity index (χ0) is 20.5. The normalized spacial score (nSPS) is 16.0. The summed E-state index contributed by atoms with van der Waals surface area (Å²) in [5.74, 6) is 0.930. The van der Waals surface area contributed by atoms with Crippen LogP contribution in [0.15, 0.2) is 60.7 Å². The van der Waals surface area contributed by atoms with E-state index >= 15 is 0 Å². The van der Waals surface area contributed by atoms with Crippen LogP contribution in [0.1, 0.15) is 40.4 Å². The van der Waals surface area contributed by atoms with Crippen LogP contribution in [0.5, 0.6) is 11.5 Å². The van der Waals surface area contributed by atoms with Crippen molar-refractivity contribution in [1.29, 1.82) is 0 Å². The average molecular weight is 400 g/mol. The van der Waals surface area contributed by atoms with E-state index < -0.39 is 0 Å². The van der Waals surface area contributed by atoms with Gasteiger partial charge in [0.15, 0.2) is 0 Å². The minimum absolute atomic E-state index is 0.207. The zero-order valence-electron chi connectivity index (χ0n) is 17.0. The van der Waals surface area contributed by atoms with Gasteiger partial charge in [0.1, 0.15) is 24.2 Å². The van der Waals surface area contributed by atoms with Crippen molar-refractivity contribution >= 4 is 5.97 Å². The molecule has 1 saturated heterocycles. The van der Waals surface area contributed by atoms with Gasteiger partial charge >= 0.3 is 5.97 Å². The predicted octanol–water partition coefficient (Wildman–Crippen LogP) is 5.21. The lowest BCUT2D eigenvalue weighted by Crippen LogP contribution is -2.09. The number of hydrogen-bond donors (Lipinski definition) is 0. The Balaban J connectivity index is 1.26. The van der Waals surface area contributed by atoms with E-state index in [0.29, 0.717) is 17.9 Å². The topological polar surface area (TPSA) is 48.1 Å². The van der Waals surface area contributed by atoms with Crippen LogP contribution in [-0.2, 0) is 17.6 Å². The molecule has 0 spiro atoms. The van der Waals surface area contributed by atoms with E-state index in [2.05, 4.69) is 31.2 Å². The minimum Gasteiger partial charge on any atom is -0.491 e. The third-order valence-corrected chi connectivity index (χ3v) is 5.59. The van der Waals surface area contributed by atoms with Crippen molar-refractivity contribution in [1.82, 2.24) is 0 Å². The molecule has 0 radical (unpaired) electrons. The molecule has 0 saturated carbocycles. The highest BCUT2D eigenvalue weighted by molar-refractivity contribution is 5.91. The highest BCUT2D eigenvalue weighted by Crippen LogP contribution is 2.39. The highest BCUT2D eigenvalue weighted by atomic mass is 16.6. The Bertz CT molecular complexity index is 1080. The van der Waals surface area contributed by atoms with Crippen molar-refractivity contribution < 1.29 is 19.0 Å². The molecule has 0 bridgehead atoms. The summed E-state index contributed by atoms with van der Waals surface area (Å²) in [5, 5.41) is 0. The van der Waals surface area contributed by atoms with Gasteiger partial charge in [-0.25, -0.2) is 4.79 Å². The van der Waals surface area contributed by atoms with Crippen molar-refractivity contribution in [2.45, 2.75) is 32.3 Å². The molecule has 0 N–H and O–H groups in total. The Labute approximate surface area is 176 Å². The molecule has 3 aromatic carbocycles. The maximum Gasteiger partial charge on any atom is 0.343 e. The standard InChI is InChI=1S/C26H24O4/c1-2-3-17-4-10-24-19(12-17)13-20-14-22(9-11-25(20)24)30-26(27)18-5-7-21(8-6-18)28-15-23-16-29-23/h4-12,14,23H,2-3,13,15-16H2,1H3. The van der Waals surface area contributed by atoms with E-state index in [4.69, 9.17) is 14.2 Å². The van der Waals surface area contributed by atoms with E-state index in [1.807, 2.05) is 12.1 Å². The second kappa shape index (κ2) is 7.96. The van der Waals surface area contributed by atoms with Crippen LogP contribution >= 0.6 is 0 Å². The molecule has 4 heteroatoms. The quantitative estimate of drug-likeness (QED) is 0.243. The number of carbonyl (C=O) groups excluding carboxylic acids is 1. The van der Waals surface area contributed by atoms with Crippen LogP contribution < -0.4 is 9.47 Å². The highest BCUT2D eigenvalue weighted by Gasteiger charge is 2.23. The third kappa shape index (κ3) is 3.96. The molecule has 1 fully saturated rings. The summed E-state index contributed by atoms with van der Waals surface area (Å²) in [6.45, 7) is 3.50. The molecule has 2 aliphatic rings. The Hall–Kier alpha value is -3.11. The fraction of sp³-hybridized carbons (Fsp3) is 0.269. The van der Waals surface area contributed by atoms with Gasteiger partial charge in [0, 0.05) is 0 Å². The number of epoxide rings is 1. The van der Waals surface area contributed by atoms with Crippen molar-refractivity contribution in [3.8, 4) is 22.6 Å². The molecule has 1 unspecified atom stereocenters. The molecular weight excluding hydrogens is 376 g/mol. The van der Waals surface area contributed by atoms with Gasteiger partial charge < -0.3 is 14.2 Å². The van der Waals surface area contributed by atoms with E-state index in [9.17, 15) is 4.79 Å². The van der Waals surface area contributed by atoms with Gasteiger partial charge in [0.25, 0.3) is 0 Å². The molecule has 3 aromatic rings. The maximum atomic E-state index is 12.6. The predicted molar refractivity (Wildman–Crippen MR) is 115 cm³/mol. The lowest BCUT2D eigenvalue weighted by atomic mass is 10.0. The molecule has 4 nitrogen and oxygen atoms in total. The summed E-state index contributed by atoms with van der Waals surface area (Å²) >= 11 is 0. The van der Waals surface area contributed by atoms with Crippen LogP contribution in [0.2, 0.25) is 0 Å². The van der Waals surface area contributed by atoms with Crippen molar-refractivity contribution in [2.24, 2.45) is 0 Å². The number of hydrogen-bond acceptors (Lipinski definition) is 4. The molecule has 152 valence electrons. The minimum atomic E-state index is -0.368. The number of ether oxygens (including phenoxy) is 3. The molecular formula is C26H24O4. The Morgan fingerprint density at radius 2 is 1.67 bits per heavy atom. The van der Waals surface area contributed by atoms with E-state index in [1.165, 1.54) is 27.8 Å². The second-order valence-corrected chi connectivity index (χ2v) is 7.92. The van der Waals surface area contributed by atoms with E-state index in [-0.39, 0.29) is 12.1 Å². The molecule has 1 aliphatic carbocycles. The van der Waals surface area contributed by atoms with Gasteiger partial charge in [-0.3, -0.25) is 0 Å². The van der Waals surface area contributed by atoms with Gasteiger partial charge in [0.05, 0.1) is 12.2 Å². The monoisotopic (exact) mass is 400 g/mol. The van der Waals surface area contributed by atoms with Crippen LogP contribution in [0, 0.1) is 0 Å². The molecule has 30 heavy (non-hydrogen) atoms. The number of aryl methyl sites for hydroxylation is 1. The lowest BCUT2D eigenvalue weighted by molar-refractivity contribution is 0.0734. The van der Waals surface area contributed by atoms with Crippen LogP contribution in [0.4, 0.5) is 0 Å². The van der Waals surface area contributed by atoms with E-state index in [1.54, 1.807) is 24.3 Å². The maximum absolute atomic E-state index is 12.6. The Morgan fingerprint density at radius 1 is 0.967 bits per heavy atom. The second-order valence-electron chi connectivity index (χ2n) is 7.92.